The summed E-state index contributed by atoms with van der Waals surface area (Å²) in [6.45, 7) is 11.2. The first-order valence-electron chi connectivity index (χ1n) is 13.9. The molecule has 0 aliphatic rings. The Balaban J connectivity index is 1.96. The van der Waals surface area contributed by atoms with Crippen LogP contribution in [0.5, 0.6) is 0 Å². The second-order valence-electron chi connectivity index (χ2n) is 10.5. The molecule has 216 valence electrons. The minimum absolute atomic E-state index is 0.00780. The lowest BCUT2D eigenvalue weighted by Gasteiger charge is -2.26. The number of esters is 1. The van der Waals surface area contributed by atoms with Gasteiger partial charge in [-0.15, -0.1) is 13.2 Å². The maximum absolute atomic E-state index is 13.2. The van der Waals surface area contributed by atoms with Crippen molar-refractivity contribution in [2.24, 2.45) is 17.8 Å². The maximum atomic E-state index is 13.2. The third-order valence-corrected chi connectivity index (χ3v) is 6.81. The summed E-state index contributed by atoms with van der Waals surface area (Å²) >= 11 is 0. The zero-order chi connectivity index (χ0) is 29.3. The van der Waals surface area contributed by atoms with Gasteiger partial charge in [0.2, 0.25) is 11.8 Å². The Labute approximate surface area is 238 Å². The highest BCUT2D eigenvalue weighted by atomic mass is 16.5. The van der Waals surface area contributed by atoms with Crippen molar-refractivity contribution in [2.45, 2.75) is 58.0 Å². The number of ether oxygens (including phenoxy) is 1. The summed E-state index contributed by atoms with van der Waals surface area (Å²) in [7, 11) is 0. The highest BCUT2D eigenvalue weighted by molar-refractivity contribution is 5.86. The summed E-state index contributed by atoms with van der Waals surface area (Å²) in [5.74, 6) is -1.98. The van der Waals surface area contributed by atoms with Crippen molar-refractivity contribution < 1.29 is 24.2 Å². The zero-order valence-corrected chi connectivity index (χ0v) is 23.8. The highest BCUT2D eigenvalue weighted by Gasteiger charge is 2.27. The van der Waals surface area contributed by atoms with E-state index in [1.54, 1.807) is 12.2 Å². The third-order valence-electron chi connectivity index (χ3n) is 6.81. The summed E-state index contributed by atoms with van der Waals surface area (Å²) in [6, 6.07) is 18.5. The normalized spacial score (nSPS) is 13.9. The molecule has 2 aromatic carbocycles. The van der Waals surface area contributed by atoms with Gasteiger partial charge >= 0.3 is 5.97 Å². The molecule has 2 aromatic rings. The lowest BCUT2D eigenvalue weighted by Crippen LogP contribution is -2.47. The van der Waals surface area contributed by atoms with E-state index >= 15 is 0 Å². The quantitative estimate of drug-likeness (QED) is 0.189. The molecule has 0 saturated carbocycles. The first-order valence-corrected chi connectivity index (χ1v) is 13.9. The molecule has 0 radical (unpaired) electrons. The van der Waals surface area contributed by atoms with E-state index in [0.717, 1.165) is 11.1 Å². The fourth-order valence-electron chi connectivity index (χ4n) is 4.41. The van der Waals surface area contributed by atoms with Crippen molar-refractivity contribution in [3.05, 3.63) is 97.1 Å². The van der Waals surface area contributed by atoms with Crippen molar-refractivity contribution in [2.75, 3.05) is 13.2 Å². The summed E-state index contributed by atoms with van der Waals surface area (Å²) < 4.78 is 5.67. The van der Waals surface area contributed by atoms with Gasteiger partial charge in [-0.2, -0.15) is 0 Å². The van der Waals surface area contributed by atoms with Crippen LogP contribution in [0, 0.1) is 17.8 Å². The number of nitrogens with one attached hydrogen (secondary N) is 2. The van der Waals surface area contributed by atoms with Crippen LogP contribution < -0.4 is 10.6 Å². The van der Waals surface area contributed by atoms with Crippen LogP contribution in [-0.2, 0) is 32.0 Å². The standard InChI is InChI=1S/C33H44N2O5/c1-5-13-27(21-31(37)34-29(22-36)20-26-17-11-8-12-18-26)32(38)35-30(24(3)4)23-40-33(39)28(14-6-2)19-25-15-9-7-10-16-25/h5-12,15-18,24,27-30,36H,1-2,13-14,19-23H2,3-4H3,(H,34,37)(H,35,38)/t27-,28+,29+,30-/m1/s1. The molecular formula is C33H44N2O5. The summed E-state index contributed by atoms with van der Waals surface area (Å²) in [5.41, 5.74) is 2.04. The van der Waals surface area contributed by atoms with Crippen molar-refractivity contribution in [1.82, 2.24) is 10.6 Å². The van der Waals surface area contributed by atoms with Crippen molar-refractivity contribution >= 4 is 17.8 Å². The lowest BCUT2D eigenvalue weighted by molar-refractivity contribution is -0.150. The molecule has 2 amide bonds. The van der Waals surface area contributed by atoms with E-state index in [1.165, 1.54) is 0 Å². The molecule has 7 heteroatoms. The van der Waals surface area contributed by atoms with Crippen LogP contribution in [0.15, 0.2) is 86.0 Å². The zero-order valence-electron chi connectivity index (χ0n) is 23.8. The van der Waals surface area contributed by atoms with Crippen LogP contribution in [0.1, 0.15) is 44.2 Å². The second-order valence-corrected chi connectivity index (χ2v) is 10.5. The SMILES string of the molecule is C=CC[C@H](CC(=O)N[C@H](CO)Cc1ccccc1)C(=O)N[C@H](COC(=O)[C@@H](CC=C)Cc1ccccc1)C(C)C. The molecule has 0 aliphatic carbocycles. The van der Waals surface area contributed by atoms with E-state index < -0.39 is 18.0 Å². The van der Waals surface area contributed by atoms with Gasteiger partial charge in [0.25, 0.3) is 0 Å². The summed E-state index contributed by atoms with van der Waals surface area (Å²) in [5, 5.41) is 15.6. The van der Waals surface area contributed by atoms with Crippen LogP contribution >= 0.6 is 0 Å². The Morgan fingerprint density at radius 2 is 1.40 bits per heavy atom. The van der Waals surface area contributed by atoms with E-state index in [4.69, 9.17) is 4.74 Å². The van der Waals surface area contributed by atoms with E-state index in [-0.39, 0.29) is 49.3 Å². The molecule has 0 heterocycles. The molecule has 0 spiro atoms. The van der Waals surface area contributed by atoms with Gasteiger partial charge < -0.3 is 20.5 Å². The number of carbonyl (C=O) groups excluding carboxylic acids is 3. The van der Waals surface area contributed by atoms with Gasteiger partial charge in [-0.25, -0.2) is 0 Å². The lowest BCUT2D eigenvalue weighted by atomic mass is 9.96. The largest absolute Gasteiger partial charge is 0.463 e. The molecule has 0 aromatic heterocycles. The van der Waals surface area contributed by atoms with E-state index in [1.807, 2.05) is 74.5 Å². The summed E-state index contributed by atoms with van der Waals surface area (Å²) in [6.07, 6.45) is 5.10. The average molecular weight is 549 g/mol. The monoisotopic (exact) mass is 548 g/mol. The number of aliphatic hydroxyl groups excluding tert-OH is 1. The minimum Gasteiger partial charge on any atom is -0.463 e. The highest BCUT2D eigenvalue weighted by Crippen LogP contribution is 2.17. The maximum Gasteiger partial charge on any atom is 0.309 e. The van der Waals surface area contributed by atoms with Crippen molar-refractivity contribution in [3.8, 4) is 0 Å². The molecule has 0 aliphatic heterocycles. The smallest absolute Gasteiger partial charge is 0.309 e. The minimum atomic E-state index is -0.642. The van der Waals surface area contributed by atoms with E-state index in [9.17, 15) is 19.5 Å². The molecule has 3 N–H and O–H groups in total. The average Bonchev–Trinajstić information content (AvgIpc) is 2.95. The third kappa shape index (κ3) is 11.6. The number of hydrogen-bond donors (Lipinski definition) is 3. The first-order chi connectivity index (χ1) is 19.3. The van der Waals surface area contributed by atoms with Crippen molar-refractivity contribution in [3.63, 3.8) is 0 Å². The number of aliphatic hydroxyl groups is 1. The molecule has 7 nitrogen and oxygen atoms in total. The topological polar surface area (TPSA) is 105 Å². The van der Waals surface area contributed by atoms with Gasteiger partial charge in [-0.3, -0.25) is 14.4 Å². The predicted octanol–water partition coefficient (Wildman–Crippen LogP) is 4.41. The predicted molar refractivity (Wildman–Crippen MR) is 158 cm³/mol. The van der Waals surface area contributed by atoms with Gasteiger partial charge in [0.15, 0.2) is 0 Å². The number of benzene rings is 2. The van der Waals surface area contributed by atoms with E-state index in [2.05, 4.69) is 23.8 Å². The van der Waals surface area contributed by atoms with Gasteiger partial charge in [0, 0.05) is 6.42 Å². The Hall–Kier alpha value is -3.71. The molecule has 2 rings (SSSR count). The molecule has 0 fully saturated rings. The number of carbonyl (C=O) groups is 3. The molecule has 4 atom stereocenters. The van der Waals surface area contributed by atoms with Gasteiger partial charge in [-0.1, -0.05) is 86.7 Å². The fourth-order valence-corrected chi connectivity index (χ4v) is 4.41. The fraction of sp³-hybridized carbons (Fsp3) is 0.424. The molecule has 0 bridgehead atoms. The van der Waals surface area contributed by atoms with Gasteiger partial charge in [-0.05, 0) is 42.7 Å². The van der Waals surface area contributed by atoms with Gasteiger partial charge in [0.05, 0.1) is 30.5 Å². The number of hydrogen-bond acceptors (Lipinski definition) is 5. The molecular weight excluding hydrogens is 504 g/mol. The number of rotatable bonds is 18. The Morgan fingerprint density at radius 3 is 1.93 bits per heavy atom. The molecule has 0 unspecified atom stereocenters. The van der Waals surface area contributed by atoms with Crippen LogP contribution in [0.25, 0.3) is 0 Å². The van der Waals surface area contributed by atoms with Gasteiger partial charge in [0.1, 0.15) is 6.61 Å². The Morgan fingerprint density at radius 1 is 0.850 bits per heavy atom. The Bertz CT molecular complexity index is 1070. The molecule has 0 saturated heterocycles. The Kier molecular flexibility index (Phi) is 14.5. The molecule has 40 heavy (non-hydrogen) atoms. The summed E-state index contributed by atoms with van der Waals surface area (Å²) in [4.78, 5) is 38.9. The van der Waals surface area contributed by atoms with Crippen LogP contribution in [-0.4, -0.2) is 48.2 Å². The number of amides is 2. The van der Waals surface area contributed by atoms with Crippen LogP contribution in [0.2, 0.25) is 0 Å². The van der Waals surface area contributed by atoms with E-state index in [0.29, 0.717) is 25.7 Å². The first kappa shape index (κ1) is 32.5. The number of allylic oxidation sites excluding steroid dienone is 2. The second kappa shape index (κ2) is 17.8. The van der Waals surface area contributed by atoms with Crippen LogP contribution in [0.3, 0.4) is 0 Å². The van der Waals surface area contributed by atoms with Crippen LogP contribution in [0.4, 0.5) is 0 Å². The van der Waals surface area contributed by atoms with Crippen molar-refractivity contribution in [1.29, 1.82) is 0 Å².